The molecule has 0 aliphatic heterocycles. The van der Waals surface area contributed by atoms with Gasteiger partial charge in [0.2, 0.25) is 0 Å². The van der Waals surface area contributed by atoms with Crippen LogP contribution in [0.5, 0.6) is 0 Å². The molecule has 3 rings (SSSR count). The van der Waals surface area contributed by atoms with Gasteiger partial charge in [-0.2, -0.15) is 5.10 Å². The molecule has 1 amide bonds. The predicted octanol–water partition coefficient (Wildman–Crippen LogP) is 3.46. The van der Waals surface area contributed by atoms with Crippen LogP contribution in [0.15, 0.2) is 60.9 Å². The molecule has 0 radical (unpaired) electrons. The molecule has 3 aromatic rings. The number of nitrogens with one attached hydrogen (secondary N) is 1. The third-order valence-electron chi connectivity index (χ3n) is 3.91. The molecule has 0 aliphatic carbocycles. The van der Waals surface area contributed by atoms with Gasteiger partial charge in [-0.1, -0.05) is 25.1 Å². The quantitative estimate of drug-likeness (QED) is 0.783. The summed E-state index contributed by atoms with van der Waals surface area (Å²) < 4.78 is 1.79. The molecule has 0 unspecified atom stereocenters. The smallest absolute Gasteiger partial charge is 0.272 e. The van der Waals surface area contributed by atoms with Crippen LogP contribution in [0, 0.1) is 0 Å². The van der Waals surface area contributed by atoms with Crippen molar-refractivity contribution in [3.63, 3.8) is 0 Å². The summed E-state index contributed by atoms with van der Waals surface area (Å²) in [5.74, 6) is -0.158. The standard InChI is InChI=1S/C19H20N4O/c1-3-14(2)21-19(24)17-13-18(15-9-11-20-12-10-15)23(22-17)16-7-5-4-6-8-16/h4-14H,3H2,1-2H3,(H,21,24)/t14-/m0/s1. The van der Waals surface area contributed by atoms with Crippen LogP contribution in [0.2, 0.25) is 0 Å². The first-order chi connectivity index (χ1) is 11.7. The molecule has 5 nitrogen and oxygen atoms in total. The lowest BCUT2D eigenvalue weighted by Crippen LogP contribution is -2.32. The molecule has 2 heterocycles. The fourth-order valence-electron chi connectivity index (χ4n) is 2.39. The normalized spacial score (nSPS) is 11.9. The average Bonchev–Trinajstić information content (AvgIpc) is 3.08. The minimum Gasteiger partial charge on any atom is -0.348 e. The van der Waals surface area contributed by atoms with E-state index in [1.807, 2.05) is 62.4 Å². The zero-order valence-corrected chi connectivity index (χ0v) is 13.8. The first kappa shape index (κ1) is 15.9. The van der Waals surface area contributed by atoms with E-state index in [9.17, 15) is 4.79 Å². The number of benzene rings is 1. The van der Waals surface area contributed by atoms with Gasteiger partial charge in [0.1, 0.15) is 0 Å². The molecule has 0 bridgehead atoms. The Labute approximate surface area is 141 Å². The summed E-state index contributed by atoms with van der Waals surface area (Å²) in [5, 5.41) is 7.49. The van der Waals surface area contributed by atoms with E-state index in [0.29, 0.717) is 5.69 Å². The van der Waals surface area contributed by atoms with Crippen LogP contribution >= 0.6 is 0 Å². The van der Waals surface area contributed by atoms with Gasteiger partial charge in [0.15, 0.2) is 5.69 Å². The van der Waals surface area contributed by atoms with Crippen LogP contribution in [-0.4, -0.2) is 26.7 Å². The summed E-state index contributed by atoms with van der Waals surface area (Å²) in [4.78, 5) is 16.5. The average molecular weight is 320 g/mol. The summed E-state index contributed by atoms with van der Waals surface area (Å²) in [7, 11) is 0. The fourth-order valence-corrected chi connectivity index (χ4v) is 2.39. The van der Waals surface area contributed by atoms with Crippen molar-refractivity contribution < 1.29 is 4.79 Å². The number of nitrogens with zero attached hydrogens (tertiary/aromatic N) is 3. The molecular weight excluding hydrogens is 300 g/mol. The second-order valence-electron chi connectivity index (χ2n) is 5.68. The number of carbonyl (C=O) groups is 1. The Morgan fingerprint density at radius 3 is 2.54 bits per heavy atom. The topological polar surface area (TPSA) is 59.8 Å². The lowest BCUT2D eigenvalue weighted by atomic mass is 10.1. The van der Waals surface area contributed by atoms with Crippen molar-refractivity contribution in [1.82, 2.24) is 20.1 Å². The highest BCUT2D eigenvalue weighted by Gasteiger charge is 2.17. The molecule has 0 saturated carbocycles. The van der Waals surface area contributed by atoms with Gasteiger partial charge in [-0.3, -0.25) is 9.78 Å². The number of carbonyl (C=O) groups excluding carboxylic acids is 1. The highest BCUT2D eigenvalue weighted by atomic mass is 16.2. The molecule has 0 aliphatic rings. The van der Waals surface area contributed by atoms with Gasteiger partial charge in [-0.25, -0.2) is 4.68 Å². The summed E-state index contributed by atoms with van der Waals surface area (Å²) in [6.07, 6.45) is 4.34. The number of rotatable bonds is 5. The van der Waals surface area contributed by atoms with E-state index in [1.165, 1.54) is 0 Å². The van der Waals surface area contributed by atoms with Gasteiger partial charge in [-0.05, 0) is 43.7 Å². The number of aromatic nitrogens is 3. The third kappa shape index (κ3) is 3.35. The Bertz CT molecular complexity index is 755. The van der Waals surface area contributed by atoms with Crippen molar-refractivity contribution in [3.05, 3.63) is 66.6 Å². The second-order valence-corrected chi connectivity index (χ2v) is 5.68. The maximum absolute atomic E-state index is 12.4. The van der Waals surface area contributed by atoms with E-state index in [-0.39, 0.29) is 11.9 Å². The van der Waals surface area contributed by atoms with E-state index in [4.69, 9.17) is 0 Å². The highest BCUT2D eigenvalue weighted by molar-refractivity contribution is 5.93. The van der Waals surface area contributed by atoms with Crippen molar-refractivity contribution in [3.8, 4) is 16.9 Å². The summed E-state index contributed by atoms with van der Waals surface area (Å²) in [5.41, 5.74) is 3.14. The molecule has 2 aromatic heterocycles. The largest absolute Gasteiger partial charge is 0.348 e. The summed E-state index contributed by atoms with van der Waals surface area (Å²) in [6, 6.07) is 15.5. The maximum atomic E-state index is 12.4. The number of pyridine rings is 1. The van der Waals surface area contributed by atoms with Gasteiger partial charge in [0.05, 0.1) is 11.4 Å². The minimum absolute atomic E-state index is 0.115. The van der Waals surface area contributed by atoms with Crippen LogP contribution in [0.4, 0.5) is 0 Å². The van der Waals surface area contributed by atoms with Crippen LogP contribution < -0.4 is 5.32 Å². The van der Waals surface area contributed by atoms with E-state index < -0.39 is 0 Å². The molecule has 0 spiro atoms. The number of hydrogen-bond acceptors (Lipinski definition) is 3. The van der Waals surface area contributed by atoms with E-state index in [1.54, 1.807) is 17.1 Å². The SMILES string of the molecule is CC[C@H](C)NC(=O)c1cc(-c2ccncc2)n(-c2ccccc2)n1. The summed E-state index contributed by atoms with van der Waals surface area (Å²) in [6.45, 7) is 4.02. The van der Waals surface area contributed by atoms with E-state index in [2.05, 4.69) is 15.4 Å². The fraction of sp³-hybridized carbons (Fsp3) is 0.211. The number of para-hydroxylation sites is 1. The zero-order valence-electron chi connectivity index (χ0n) is 13.8. The molecule has 1 N–H and O–H groups in total. The van der Waals surface area contributed by atoms with Gasteiger partial charge < -0.3 is 5.32 Å². The Balaban J connectivity index is 2.05. The van der Waals surface area contributed by atoms with Gasteiger partial charge in [-0.15, -0.1) is 0 Å². The van der Waals surface area contributed by atoms with Gasteiger partial charge in [0.25, 0.3) is 5.91 Å². The van der Waals surface area contributed by atoms with E-state index in [0.717, 1.165) is 23.4 Å². The third-order valence-corrected chi connectivity index (χ3v) is 3.91. The Morgan fingerprint density at radius 2 is 1.88 bits per heavy atom. The van der Waals surface area contributed by atoms with Crippen LogP contribution in [0.3, 0.4) is 0 Å². The number of hydrogen-bond donors (Lipinski definition) is 1. The molecule has 122 valence electrons. The molecule has 1 aromatic carbocycles. The van der Waals surface area contributed by atoms with Gasteiger partial charge >= 0.3 is 0 Å². The molecule has 24 heavy (non-hydrogen) atoms. The van der Waals surface area contributed by atoms with Crippen LogP contribution in [0.25, 0.3) is 16.9 Å². The zero-order chi connectivity index (χ0) is 16.9. The lowest BCUT2D eigenvalue weighted by molar-refractivity contribution is 0.0934. The maximum Gasteiger partial charge on any atom is 0.272 e. The Hall–Kier alpha value is -2.95. The van der Waals surface area contributed by atoms with Crippen molar-refractivity contribution in [2.75, 3.05) is 0 Å². The first-order valence-electron chi connectivity index (χ1n) is 8.05. The van der Waals surface area contributed by atoms with Crippen molar-refractivity contribution in [1.29, 1.82) is 0 Å². The molecule has 5 heteroatoms. The predicted molar refractivity (Wildman–Crippen MR) is 94.0 cm³/mol. The number of amides is 1. The van der Waals surface area contributed by atoms with E-state index >= 15 is 0 Å². The molecule has 0 fully saturated rings. The van der Waals surface area contributed by atoms with Crippen LogP contribution in [-0.2, 0) is 0 Å². The van der Waals surface area contributed by atoms with Gasteiger partial charge in [0, 0.05) is 24.0 Å². The lowest BCUT2D eigenvalue weighted by Gasteiger charge is -2.09. The Morgan fingerprint density at radius 1 is 1.17 bits per heavy atom. The van der Waals surface area contributed by atoms with Crippen LogP contribution in [0.1, 0.15) is 30.8 Å². The first-order valence-corrected chi connectivity index (χ1v) is 8.05. The molecule has 0 saturated heterocycles. The van der Waals surface area contributed by atoms with Crippen molar-refractivity contribution in [2.45, 2.75) is 26.3 Å². The second kappa shape index (κ2) is 7.08. The molecule has 1 atom stereocenters. The monoisotopic (exact) mass is 320 g/mol. The minimum atomic E-state index is -0.158. The summed E-state index contributed by atoms with van der Waals surface area (Å²) >= 11 is 0. The highest BCUT2D eigenvalue weighted by Crippen LogP contribution is 2.23. The molecular formula is C19H20N4O. The van der Waals surface area contributed by atoms with Crippen molar-refractivity contribution in [2.24, 2.45) is 0 Å². The van der Waals surface area contributed by atoms with Crippen molar-refractivity contribution >= 4 is 5.91 Å². The Kier molecular flexibility index (Phi) is 4.70.